The molecule has 3 rings (SSSR count). The van der Waals surface area contributed by atoms with E-state index in [2.05, 4.69) is 25.7 Å². The summed E-state index contributed by atoms with van der Waals surface area (Å²) < 4.78 is 2.02. The zero-order valence-corrected chi connectivity index (χ0v) is 12.4. The molecule has 2 N–H and O–H groups in total. The van der Waals surface area contributed by atoms with Crippen LogP contribution in [0, 0.1) is 12.8 Å². The van der Waals surface area contributed by atoms with Gasteiger partial charge in [0, 0.05) is 20.1 Å². The summed E-state index contributed by atoms with van der Waals surface area (Å²) in [7, 11) is 1.82. The van der Waals surface area contributed by atoms with Crippen molar-refractivity contribution in [1.29, 1.82) is 0 Å². The maximum Gasteiger partial charge on any atom is 0.191 e. The predicted molar refractivity (Wildman–Crippen MR) is 78.6 cm³/mol. The molecule has 1 aromatic heterocycles. The van der Waals surface area contributed by atoms with Crippen molar-refractivity contribution in [3.05, 3.63) is 11.6 Å². The van der Waals surface area contributed by atoms with Gasteiger partial charge in [0.25, 0.3) is 0 Å². The summed E-state index contributed by atoms with van der Waals surface area (Å²) in [6.45, 7) is 3.93. The monoisotopic (exact) mass is 276 g/mol. The summed E-state index contributed by atoms with van der Waals surface area (Å²) in [6.07, 6.45) is 6.27. The van der Waals surface area contributed by atoms with E-state index >= 15 is 0 Å². The summed E-state index contributed by atoms with van der Waals surface area (Å²) in [5.41, 5.74) is 0. The Labute approximate surface area is 120 Å². The van der Waals surface area contributed by atoms with Gasteiger partial charge in [-0.25, -0.2) is 9.67 Å². The third kappa shape index (κ3) is 3.11. The molecule has 6 nitrogen and oxygen atoms in total. The first-order valence-corrected chi connectivity index (χ1v) is 7.65. The highest BCUT2D eigenvalue weighted by Crippen LogP contribution is 2.31. The van der Waals surface area contributed by atoms with Crippen molar-refractivity contribution >= 4 is 5.96 Å². The Morgan fingerprint density at radius 1 is 1.40 bits per heavy atom. The minimum absolute atomic E-state index is 0.220. The van der Waals surface area contributed by atoms with Crippen LogP contribution in [0.1, 0.15) is 49.8 Å². The quantitative estimate of drug-likeness (QED) is 0.644. The van der Waals surface area contributed by atoms with Crippen LogP contribution in [0.5, 0.6) is 0 Å². The second kappa shape index (κ2) is 5.81. The van der Waals surface area contributed by atoms with Gasteiger partial charge in [0.05, 0.1) is 6.04 Å². The van der Waals surface area contributed by atoms with Crippen LogP contribution in [0.25, 0.3) is 0 Å². The van der Waals surface area contributed by atoms with Crippen molar-refractivity contribution in [2.75, 3.05) is 13.6 Å². The molecule has 0 saturated heterocycles. The number of hydrogen-bond acceptors (Lipinski definition) is 3. The van der Waals surface area contributed by atoms with E-state index in [1.165, 1.54) is 19.3 Å². The fourth-order valence-electron chi connectivity index (χ4n) is 2.77. The molecule has 1 atom stereocenters. The number of fused-ring (bicyclic) bond motifs is 1. The van der Waals surface area contributed by atoms with E-state index in [9.17, 15) is 0 Å². The topological polar surface area (TPSA) is 67.1 Å². The summed E-state index contributed by atoms with van der Waals surface area (Å²) in [5, 5.41) is 11.3. The Bertz CT molecular complexity index is 488. The molecule has 1 aliphatic carbocycles. The zero-order valence-electron chi connectivity index (χ0n) is 12.4. The smallest absolute Gasteiger partial charge is 0.191 e. The molecule has 1 unspecified atom stereocenters. The van der Waals surface area contributed by atoms with Crippen LogP contribution in [-0.4, -0.2) is 34.3 Å². The number of guanidine groups is 1. The first kappa shape index (κ1) is 13.4. The fraction of sp³-hybridized carbons (Fsp3) is 0.786. The standard InChI is InChI=1S/C14H24N6/c1-10-17-13-12(4-3-9-20(13)19-10)18-14(15-2)16-8-7-11-5-6-11/h11-12H,3-9H2,1-2H3,(H2,15,16,18). The van der Waals surface area contributed by atoms with Gasteiger partial charge in [-0.3, -0.25) is 4.99 Å². The summed E-state index contributed by atoms with van der Waals surface area (Å²) in [5.74, 6) is 3.72. The van der Waals surface area contributed by atoms with E-state index in [4.69, 9.17) is 0 Å². The number of aliphatic imine (C=N–C) groups is 1. The lowest BCUT2D eigenvalue weighted by Gasteiger charge is -2.25. The minimum Gasteiger partial charge on any atom is -0.356 e. The molecule has 0 amide bonds. The summed E-state index contributed by atoms with van der Waals surface area (Å²) >= 11 is 0. The van der Waals surface area contributed by atoms with Crippen molar-refractivity contribution in [3.63, 3.8) is 0 Å². The maximum atomic E-state index is 4.55. The molecule has 1 fully saturated rings. The largest absolute Gasteiger partial charge is 0.356 e. The average Bonchev–Trinajstić information content (AvgIpc) is 3.17. The minimum atomic E-state index is 0.220. The van der Waals surface area contributed by atoms with Crippen molar-refractivity contribution < 1.29 is 0 Å². The molecule has 1 saturated carbocycles. The molecular formula is C14H24N6. The molecule has 2 heterocycles. The van der Waals surface area contributed by atoms with Gasteiger partial charge in [0.1, 0.15) is 11.6 Å². The number of rotatable bonds is 4. The third-order valence-corrected chi connectivity index (χ3v) is 4.06. The van der Waals surface area contributed by atoms with Gasteiger partial charge in [-0.1, -0.05) is 12.8 Å². The van der Waals surface area contributed by atoms with Gasteiger partial charge in [-0.2, -0.15) is 5.10 Å². The Hall–Kier alpha value is -1.59. The highest BCUT2D eigenvalue weighted by molar-refractivity contribution is 5.80. The van der Waals surface area contributed by atoms with Crippen molar-refractivity contribution in [2.24, 2.45) is 10.9 Å². The molecule has 6 heteroatoms. The van der Waals surface area contributed by atoms with E-state index in [0.717, 1.165) is 49.5 Å². The molecule has 110 valence electrons. The lowest BCUT2D eigenvalue weighted by molar-refractivity contribution is 0.397. The second-order valence-corrected chi connectivity index (χ2v) is 5.81. The van der Waals surface area contributed by atoms with E-state index in [1.807, 2.05) is 18.7 Å². The second-order valence-electron chi connectivity index (χ2n) is 5.81. The van der Waals surface area contributed by atoms with Gasteiger partial charge in [-0.05, 0) is 32.1 Å². The first-order valence-electron chi connectivity index (χ1n) is 7.65. The highest BCUT2D eigenvalue weighted by Gasteiger charge is 2.24. The van der Waals surface area contributed by atoms with Gasteiger partial charge < -0.3 is 10.6 Å². The molecule has 1 aromatic rings. The Morgan fingerprint density at radius 3 is 3.00 bits per heavy atom. The molecule has 0 spiro atoms. The van der Waals surface area contributed by atoms with Crippen LogP contribution < -0.4 is 10.6 Å². The van der Waals surface area contributed by atoms with Gasteiger partial charge in [0.15, 0.2) is 5.96 Å². The van der Waals surface area contributed by atoms with E-state index in [0.29, 0.717) is 0 Å². The van der Waals surface area contributed by atoms with Crippen LogP contribution in [0.2, 0.25) is 0 Å². The van der Waals surface area contributed by atoms with Crippen molar-refractivity contribution in [2.45, 2.75) is 51.6 Å². The zero-order chi connectivity index (χ0) is 13.9. The predicted octanol–water partition coefficient (Wildman–Crippen LogP) is 1.39. The van der Waals surface area contributed by atoms with Gasteiger partial charge >= 0.3 is 0 Å². The van der Waals surface area contributed by atoms with Gasteiger partial charge in [-0.15, -0.1) is 0 Å². The number of aryl methyl sites for hydroxylation is 2. The number of nitrogens with zero attached hydrogens (tertiary/aromatic N) is 4. The van der Waals surface area contributed by atoms with E-state index < -0.39 is 0 Å². The average molecular weight is 276 g/mol. The normalized spacial score (nSPS) is 22.5. The number of aromatic nitrogens is 3. The lowest BCUT2D eigenvalue weighted by Crippen LogP contribution is -2.41. The van der Waals surface area contributed by atoms with Gasteiger partial charge in [0.2, 0.25) is 0 Å². The summed E-state index contributed by atoms with van der Waals surface area (Å²) in [6, 6.07) is 0.220. The molecule has 0 bridgehead atoms. The highest BCUT2D eigenvalue weighted by atomic mass is 15.4. The van der Waals surface area contributed by atoms with E-state index in [1.54, 1.807) is 0 Å². The Kier molecular flexibility index (Phi) is 3.89. The Balaban J connectivity index is 1.58. The lowest BCUT2D eigenvalue weighted by atomic mass is 10.1. The van der Waals surface area contributed by atoms with Crippen LogP contribution in [0.15, 0.2) is 4.99 Å². The van der Waals surface area contributed by atoms with Crippen LogP contribution in [0.3, 0.4) is 0 Å². The maximum absolute atomic E-state index is 4.55. The van der Waals surface area contributed by atoms with Crippen molar-refractivity contribution in [3.8, 4) is 0 Å². The third-order valence-electron chi connectivity index (χ3n) is 4.06. The first-order chi connectivity index (χ1) is 9.76. The SMILES string of the molecule is CN=C(NCCC1CC1)NC1CCCn2nc(C)nc21. The number of nitrogens with one attached hydrogen (secondary N) is 2. The van der Waals surface area contributed by atoms with Crippen LogP contribution >= 0.6 is 0 Å². The molecule has 0 aromatic carbocycles. The van der Waals surface area contributed by atoms with Crippen LogP contribution in [-0.2, 0) is 6.54 Å². The van der Waals surface area contributed by atoms with Crippen molar-refractivity contribution in [1.82, 2.24) is 25.4 Å². The molecule has 0 radical (unpaired) electrons. The molecular weight excluding hydrogens is 252 g/mol. The molecule has 1 aliphatic heterocycles. The van der Waals surface area contributed by atoms with E-state index in [-0.39, 0.29) is 6.04 Å². The Morgan fingerprint density at radius 2 is 2.25 bits per heavy atom. The van der Waals surface area contributed by atoms with Crippen LogP contribution in [0.4, 0.5) is 0 Å². The fourth-order valence-corrected chi connectivity index (χ4v) is 2.77. The number of hydrogen-bond donors (Lipinski definition) is 2. The summed E-state index contributed by atoms with van der Waals surface area (Å²) in [4.78, 5) is 8.86. The molecule has 2 aliphatic rings. The molecule has 20 heavy (non-hydrogen) atoms.